The van der Waals surface area contributed by atoms with Crippen LogP contribution in [0.25, 0.3) is 0 Å². The lowest BCUT2D eigenvalue weighted by molar-refractivity contribution is 0.0977. The van der Waals surface area contributed by atoms with Crippen LogP contribution in [0, 0.1) is 17.2 Å². The van der Waals surface area contributed by atoms with E-state index in [1.54, 1.807) is 0 Å². The van der Waals surface area contributed by atoms with E-state index in [9.17, 15) is 17.6 Å². The second-order valence-corrected chi connectivity index (χ2v) is 13.3. The number of hydrogen-bond acceptors (Lipinski definition) is 5. The Labute approximate surface area is 223 Å². The first-order valence-corrected chi connectivity index (χ1v) is 15.1. The molecule has 1 aliphatic heterocycles. The standard InChI is InChI=1S/C28H34ClFN2O4S/c29-24-16-23(27(33)31-37(34,35)22-6-7-22)25(30)17-26(24)36-15-9-20-8-10-28(18-20)11-13-32(14-12-28)19-21-4-2-1-3-5-21/h1-5,16-17,20,22H,6-15,18-19H2,(H,31,33). The summed E-state index contributed by atoms with van der Waals surface area (Å²) >= 11 is 6.25. The van der Waals surface area contributed by atoms with Crippen LogP contribution in [0.1, 0.15) is 67.3 Å². The van der Waals surface area contributed by atoms with Crippen LogP contribution < -0.4 is 9.46 Å². The second-order valence-electron chi connectivity index (χ2n) is 10.9. The number of ether oxygens (including phenoxy) is 1. The molecule has 1 amide bonds. The highest BCUT2D eigenvalue weighted by molar-refractivity contribution is 7.91. The Kier molecular flexibility index (Phi) is 7.80. The number of nitrogens with one attached hydrogen (secondary N) is 1. The van der Waals surface area contributed by atoms with Gasteiger partial charge in [0.15, 0.2) is 0 Å². The van der Waals surface area contributed by atoms with Gasteiger partial charge in [-0.15, -0.1) is 0 Å². The van der Waals surface area contributed by atoms with Crippen LogP contribution in [-0.4, -0.2) is 44.2 Å². The Morgan fingerprint density at radius 2 is 1.84 bits per heavy atom. The van der Waals surface area contributed by atoms with E-state index in [1.807, 2.05) is 4.72 Å². The zero-order chi connectivity index (χ0) is 26.0. The summed E-state index contributed by atoms with van der Waals surface area (Å²) in [6.45, 7) is 3.70. The molecule has 1 N–H and O–H groups in total. The predicted molar refractivity (Wildman–Crippen MR) is 142 cm³/mol. The number of halogens is 2. The van der Waals surface area contributed by atoms with Gasteiger partial charge < -0.3 is 4.74 Å². The van der Waals surface area contributed by atoms with E-state index in [0.717, 1.165) is 38.2 Å². The van der Waals surface area contributed by atoms with Crippen LogP contribution in [0.2, 0.25) is 5.02 Å². The Bertz CT molecular complexity index is 1230. The molecule has 1 unspecified atom stereocenters. The Morgan fingerprint density at radius 1 is 1.11 bits per heavy atom. The van der Waals surface area contributed by atoms with Gasteiger partial charge in [0.25, 0.3) is 5.91 Å². The molecule has 2 aromatic carbocycles. The van der Waals surface area contributed by atoms with Crippen LogP contribution in [-0.2, 0) is 16.6 Å². The summed E-state index contributed by atoms with van der Waals surface area (Å²) in [4.78, 5) is 14.8. The Balaban J connectivity index is 1.08. The number of likely N-dealkylation sites (tertiary alicyclic amines) is 1. The lowest BCUT2D eigenvalue weighted by Gasteiger charge is -2.39. The molecule has 2 aromatic rings. The Morgan fingerprint density at radius 3 is 2.54 bits per heavy atom. The summed E-state index contributed by atoms with van der Waals surface area (Å²) < 4.78 is 46.3. The predicted octanol–water partition coefficient (Wildman–Crippen LogP) is 5.55. The maximum atomic E-state index is 14.6. The van der Waals surface area contributed by atoms with E-state index in [2.05, 4.69) is 35.2 Å². The fourth-order valence-electron chi connectivity index (χ4n) is 5.85. The van der Waals surface area contributed by atoms with Crippen molar-refractivity contribution < 1.29 is 22.3 Å². The molecule has 5 rings (SSSR count). The molecule has 9 heteroatoms. The maximum absolute atomic E-state index is 14.6. The summed E-state index contributed by atoms with van der Waals surface area (Å²) in [6.07, 6.45) is 7.98. The summed E-state index contributed by atoms with van der Waals surface area (Å²) in [6, 6.07) is 12.8. The van der Waals surface area contributed by atoms with Gasteiger partial charge in [-0.05, 0) is 87.4 Å². The van der Waals surface area contributed by atoms with Crippen molar-refractivity contribution in [2.75, 3.05) is 19.7 Å². The molecule has 1 saturated heterocycles. The minimum absolute atomic E-state index is 0.0871. The van der Waals surface area contributed by atoms with Crippen LogP contribution in [0.15, 0.2) is 42.5 Å². The third-order valence-electron chi connectivity index (χ3n) is 8.22. The number of hydrogen-bond donors (Lipinski definition) is 1. The van der Waals surface area contributed by atoms with Gasteiger partial charge in [-0.25, -0.2) is 17.5 Å². The molecule has 0 radical (unpaired) electrons. The zero-order valence-corrected chi connectivity index (χ0v) is 22.5. The van der Waals surface area contributed by atoms with Crippen molar-refractivity contribution in [3.63, 3.8) is 0 Å². The third kappa shape index (κ3) is 6.47. The number of piperidine rings is 1. The van der Waals surface area contributed by atoms with Gasteiger partial charge in [0.2, 0.25) is 10.0 Å². The van der Waals surface area contributed by atoms with E-state index in [-0.39, 0.29) is 10.8 Å². The van der Waals surface area contributed by atoms with Crippen LogP contribution in [0.5, 0.6) is 5.75 Å². The molecular formula is C28H34ClFN2O4S. The molecule has 3 fully saturated rings. The number of sulfonamides is 1. The zero-order valence-electron chi connectivity index (χ0n) is 20.9. The van der Waals surface area contributed by atoms with Gasteiger partial charge in [-0.3, -0.25) is 9.69 Å². The fourth-order valence-corrected chi connectivity index (χ4v) is 7.36. The normalized spacial score (nSPS) is 21.7. The summed E-state index contributed by atoms with van der Waals surface area (Å²) in [5.74, 6) is -1.13. The van der Waals surface area contributed by atoms with Gasteiger partial charge in [0.05, 0.1) is 22.4 Å². The van der Waals surface area contributed by atoms with E-state index in [1.165, 1.54) is 37.7 Å². The molecule has 1 spiro atoms. The van der Waals surface area contributed by atoms with Gasteiger partial charge in [0, 0.05) is 12.6 Å². The van der Waals surface area contributed by atoms with Crippen molar-refractivity contribution in [2.24, 2.45) is 11.3 Å². The number of nitrogens with zero attached hydrogens (tertiary/aromatic N) is 1. The van der Waals surface area contributed by atoms with Gasteiger partial charge in [0.1, 0.15) is 11.6 Å². The summed E-state index contributed by atoms with van der Waals surface area (Å²) in [5.41, 5.74) is 1.39. The molecule has 2 saturated carbocycles. The average Bonchev–Trinajstić information content (AvgIpc) is 3.67. The van der Waals surface area contributed by atoms with Gasteiger partial charge in [-0.1, -0.05) is 41.9 Å². The third-order valence-corrected chi connectivity index (χ3v) is 10.3. The number of amides is 1. The van der Waals surface area contributed by atoms with Crippen molar-refractivity contribution >= 4 is 27.5 Å². The molecule has 0 bridgehead atoms. The minimum atomic E-state index is -3.77. The van der Waals surface area contributed by atoms with Gasteiger partial charge >= 0.3 is 0 Å². The number of benzene rings is 2. The quantitative estimate of drug-likeness (QED) is 0.444. The summed E-state index contributed by atoms with van der Waals surface area (Å²) in [5, 5.41) is -0.488. The highest BCUT2D eigenvalue weighted by Crippen LogP contribution is 2.50. The van der Waals surface area contributed by atoms with Crippen LogP contribution in [0.3, 0.4) is 0 Å². The largest absolute Gasteiger partial charge is 0.492 e. The molecule has 200 valence electrons. The Hall–Kier alpha value is -2.16. The highest BCUT2D eigenvalue weighted by Gasteiger charge is 2.41. The topological polar surface area (TPSA) is 75.7 Å². The molecule has 0 aromatic heterocycles. The molecule has 2 aliphatic carbocycles. The first-order valence-electron chi connectivity index (χ1n) is 13.2. The SMILES string of the molecule is O=C(NS(=O)(=O)C1CC1)c1cc(Cl)c(OCCC2CCC3(CCN(Cc4ccccc4)CC3)C2)cc1F. The van der Waals surface area contributed by atoms with E-state index < -0.39 is 32.6 Å². The summed E-state index contributed by atoms with van der Waals surface area (Å²) in [7, 11) is -3.77. The van der Waals surface area contributed by atoms with Crippen LogP contribution >= 0.6 is 11.6 Å². The molecule has 6 nitrogen and oxygen atoms in total. The second kappa shape index (κ2) is 10.9. The molecule has 37 heavy (non-hydrogen) atoms. The number of carbonyl (C=O) groups excluding carboxylic acids is 1. The monoisotopic (exact) mass is 548 g/mol. The molecule has 1 atom stereocenters. The lowest BCUT2D eigenvalue weighted by Crippen LogP contribution is -2.38. The molecular weight excluding hydrogens is 515 g/mol. The van der Waals surface area contributed by atoms with Crippen LogP contribution in [0.4, 0.5) is 4.39 Å². The maximum Gasteiger partial charge on any atom is 0.267 e. The molecule has 3 aliphatic rings. The van der Waals surface area contributed by atoms with Crippen molar-refractivity contribution in [1.82, 2.24) is 9.62 Å². The van der Waals surface area contributed by atoms with E-state index >= 15 is 0 Å². The van der Waals surface area contributed by atoms with Crippen molar-refractivity contribution in [3.05, 3.63) is 64.4 Å². The minimum Gasteiger partial charge on any atom is -0.492 e. The van der Waals surface area contributed by atoms with Gasteiger partial charge in [-0.2, -0.15) is 0 Å². The highest BCUT2D eigenvalue weighted by atomic mass is 35.5. The van der Waals surface area contributed by atoms with E-state index in [0.29, 0.717) is 30.8 Å². The fraction of sp³-hybridized carbons (Fsp3) is 0.536. The molecule has 1 heterocycles. The number of rotatable bonds is 9. The number of carbonyl (C=O) groups is 1. The lowest BCUT2D eigenvalue weighted by atomic mass is 9.76. The van der Waals surface area contributed by atoms with Crippen molar-refractivity contribution in [1.29, 1.82) is 0 Å². The van der Waals surface area contributed by atoms with E-state index in [4.69, 9.17) is 16.3 Å². The van der Waals surface area contributed by atoms with Crippen molar-refractivity contribution in [2.45, 2.75) is 63.2 Å². The smallest absolute Gasteiger partial charge is 0.267 e. The first kappa shape index (κ1) is 26.4. The average molecular weight is 549 g/mol. The first-order chi connectivity index (χ1) is 17.7. The van der Waals surface area contributed by atoms with Crippen molar-refractivity contribution in [3.8, 4) is 5.75 Å².